The van der Waals surface area contributed by atoms with E-state index in [9.17, 15) is 14.0 Å². The third-order valence-electron chi connectivity index (χ3n) is 3.01. The van der Waals surface area contributed by atoms with Crippen molar-refractivity contribution in [2.75, 3.05) is 5.32 Å². The number of rotatable bonds is 3. The van der Waals surface area contributed by atoms with Gasteiger partial charge in [0.15, 0.2) is 0 Å². The summed E-state index contributed by atoms with van der Waals surface area (Å²) in [5.74, 6) is -1.24. The van der Waals surface area contributed by atoms with Gasteiger partial charge in [0, 0.05) is 10.6 Å². The van der Waals surface area contributed by atoms with Crippen molar-refractivity contribution in [2.24, 2.45) is 0 Å². The van der Waals surface area contributed by atoms with Gasteiger partial charge in [0.05, 0.1) is 11.3 Å². The number of amides is 1. The first kappa shape index (κ1) is 12.9. The predicted molar refractivity (Wildman–Crippen MR) is 75.4 cm³/mol. The third-order valence-corrected chi connectivity index (χ3v) is 4.11. The molecule has 2 aromatic rings. The lowest BCUT2D eigenvalue weighted by Gasteiger charge is -2.06. The number of Topliss-reactive ketones (excluding diaryl/α,β-unsaturated/α-hetero) is 1. The number of halogens is 1. The smallest absolute Gasteiger partial charge is 0.296 e. The Morgan fingerprint density at radius 1 is 1.10 bits per heavy atom. The van der Waals surface area contributed by atoms with Gasteiger partial charge >= 0.3 is 0 Å². The summed E-state index contributed by atoms with van der Waals surface area (Å²) in [5.41, 5.74) is 1.58. The van der Waals surface area contributed by atoms with Crippen LogP contribution in [0.5, 0.6) is 0 Å². The van der Waals surface area contributed by atoms with Crippen LogP contribution in [0.15, 0.2) is 47.4 Å². The minimum Gasteiger partial charge on any atom is -0.318 e. The molecule has 0 aliphatic carbocycles. The van der Waals surface area contributed by atoms with Crippen LogP contribution in [0.1, 0.15) is 15.9 Å². The molecule has 0 saturated heterocycles. The van der Waals surface area contributed by atoms with Crippen LogP contribution in [0.3, 0.4) is 0 Å². The molecule has 0 aromatic heterocycles. The van der Waals surface area contributed by atoms with E-state index in [4.69, 9.17) is 0 Å². The Morgan fingerprint density at radius 3 is 2.60 bits per heavy atom. The molecule has 0 unspecified atom stereocenters. The van der Waals surface area contributed by atoms with Crippen molar-refractivity contribution in [3.8, 4) is 0 Å². The average Bonchev–Trinajstić information content (AvgIpc) is 2.73. The molecule has 0 radical (unpaired) electrons. The highest BCUT2D eigenvalue weighted by molar-refractivity contribution is 7.98. The van der Waals surface area contributed by atoms with Crippen LogP contribution >= 0.6 is 11.8 Å². The second-order valence-electron chi connectivity index (χ2n) is 4.39. The number of nitrogens with one attached hydrogen (secondary N) is 1. The zero-order chi connectivity index (χ0) is 14.1. The highest BCUT2D eigenvalue weighted by Gasteiger charge is 2.29. The molecule has 5 heteroatoms. The molecule has 20 heavy (non-hydrogen) atoms. The number of carbonyl (C=O) groups is 2. The first-order chi connectivity index (χ1) is 9.65. The Morgan fingerprint density at radius 2 is 1.85 bits per heavy atom. The van der Waals surface area contributed by atoms with Crippen LogP contribution in [0.4, 0.5) is 10.1 Å². The summed E-state index contributed by atoms with van der Waals surface area (Å²) in [6.07, 6.45) is 0. The molecule has 0 saturated carbocycles. The van der Waals surface area contributed by atoms with E-state index in [0.717, 1.165) is 11.6 Å². The minimum absolute atomic E-state index is 0.108. The largest absolute Gasteiger partial charge is 0.318 e. The van der Waals surface area contributed by atoms with Gasteiger partial charge in [0.2, 0.25) is 0 Å². The van der Waals surface area contributed by atoms with Gasteiger partial charge in [-0.15, -0.1) is 11.8 Å². The van der Waals surface area contributed by atoms with Gasteiger partial charge in [0.25, 0.3) is 11.7 Å². The molecule has 2 aromatic carbocycles. The predicted octanol–water partition coefficient (Wildman–Crippen LogP) is 3.25. The van der Waals surface area contributed by atoms with E-state index in [1.807, 2.05) is 30.3 Å². The summed E-state index contributed by atoms with van der Waals surface area (Å²) in [5, 5.41) is 2.44. The second kappa shape index (κ2) is 5.09. The summed E-state index contributed by atoms with van der Waals surface area (Å²) in [6.45, 7) is 0. The quantitative estimate of drug-likeness (QED) is 0.696. The summed E-state index contributed by atoms with van der Waals surface area (Å²) >= 11 is 1.33. The molecule has 1 aliphatic rings. The van der Waals surface area contributed by atoms with Gasteiger partial charge in [-0.3, -0.25) is 9.59 Å². The summed E-state index contributed by atoms with van der Waals surface area (Å²) in [4.78, 5) is 23.1. The fourth-order valence-electron chi connectivity index (χ4n) is 1.99. The maximum absolute atomic E-state index is 13.9. The topological polar surface area (TPSA) is 46.2 Å². The van der Waals surface area contributed by atoms with Crippen LogP contribution in [-0.2, 0) is 10.5 Å². The Labute approximate surface area is 119 Å². The first-order valence-electron chi connectivity index (χ1n) is 6.01. The lowest BCUT2D eigenvalue weighted by Crippen LogP contribution is -2.12. The number of anilines is 1. The Balaban J connectivity index is 1.83. The van der Waals surface area contributed by atoms with Crippen LogP contribution < -0.4 is 5.32 Å². The molecule has 1 aliphatic heterocycles. The van der Waals surface area contributed by atoms with Gasteiger partial charge in [-0.2, -0.15) is 0 Å². The van der Waals surface area contributed by atoms with Crippen LogP contribution in [0, 0.1) is 5.82 Å². The molecule has 0 bridgehead atoms. The lowest BCUT2D eigenvalue weighted by atomic mass is 10.1. The maximum Gasteiger partial charge on any atom is 0.296 e. The van der Waals surface area contributed by atoms with Crippen molar-refractivity contribution < 1.29 is 14.0 Å². The van der Waals surface area contributed by atoms with Gasteiger partial charge in [-0.25, -0.2) is 4.39 Å². The zero-order valence-corrected chi connectivity index (χ0v) is 11.2. The Bertz CT molecular complexity index is 701. The van der Waals surface area contributed by atoms with Crippen molar-refractivity contribution >= 4 is 29.1 Å². The maximum atomic E-state index is 13.9. The molecular weight excluding hydrogens is 277 g/mol. The molecule has 0 fully saturated rings. The lowest BCUT2D eigenvalue weighted by molar-refractivity contribution is -0.112. The Hall–Kier alpha value is -2.14. The number of hydrogen-bond acceptors (Lipinski definition) is 3. The normalized spacial score (nSPS) is 13.2. The van der Waals surface area contributed by atoms with Gasteiger partial charge < -0.3 is 5.32 Å². The van der Waals surface area contributed by atoms with Gasteiger partial charge in [-0.05, 0) is 17.7 Å². The van der Waals surface area contributed by atoms with Crippen LogP contribution in [-0.4, -0.2) is 11.7 Å². The fourth-order valence-corrected chi connectivity index (χ4v) is 2.90. The van der Waals surface area contributed by atoms with E-state index in [0.29, 0.717) is 16.3 Å². The van der Waals surface area contributed by atoms with E-state index >= 15 is 0 Å². The van der Waals surface area contributed by atoms with Crippen molar-refractivity contribution in [1.82, 2.24) is 0 Å². The standard InChI is InChI=1S/C15H10FNO2S/c16-11-6-10-12(17-15(19)14(10)18)7-13(11)20-8-9-4-2-1-3-5-9/h1-7H,8H2,(H,17,18,19). The number of hydrogen-bond donors (Lipinski definition) is 1. The number of fused-ring (bicyclic) bond motifs is 1. The van der Waals surface area contributed by atoms with E-state index in [1.54, 1.807) is 0 Å². The van der Waals surface area contributed by atoms with Crippen molar-refractivity contribution in [3.63, 3.8) is 0 Å². The molecule has 0 spiro atoms. The summed E-state index contributed by atoms with van der Waals surface area (Å²) < 4.78 is 13.9. The molecule has 3 nitrogen and oxygen atoms in total. The fraction of sp³-hybridized carbons (Fsp3) is 0.0667. The second-order valence-corrected chi connectivity index (χ2v) is 5.40. The van der Waals surface area contributed by atoms with E-state index in [2.05, 4.69) is 5.32 Å². The summed E-state index contributed by atoms with van der Waals surface area (Å²) in [6, 6.07) is 12.3. The molecule has 1 heterocycles. The monoisotopic (exact) mass is 287 g/mol. The average molecular weight is 287 g/mol. The number of thioether (sulfide) groups is 1. The SMILES string of the molecule is O=C1Nc2cc(SCc3ccccc3)c(F)cc2C1=O. The van der Waals surface area contributed by atoms with E-state index in [1.165, 1.54) is 17.8 Å². The highest BCUT2D eigenvalue weighted by Crippen LogP contribution is 2.33. The Kier molecular flexibility index (Phi) is 3.28. The van der Waals surface area contributed by atoms with E-state index < -0.39 is 17.5 Å². The number of benzene rings is 2. The molecule has 0 atom stereocenters. The third kappa shape index (κ3) is 2.32. The van der Waals surface area contributed by atoms with Gasteiger partial charge in [-0.1, -0.05) is 30.3 Å². The molecule has 100 valence electrons. The van der Waals surface area contributed by atoms with Crippen molar-refractivity contribution in [1.29, 1.82) is 0 Å². The summed E-state index contributed by atoms with van der Waals surface area (Å²) in [7, 11) is 0. The molecular formula is C15H10FNO2S. The minimum atomic E-state index is -0.704. The highest BCUT2D eigenvalue weighted by atomic mass is 32.2. The van der Waals surface area contributed by atoms with Gasteiger partial charge in [0.1, 0.15) is 5.82 Å². The molecule has 1 amide bonds. The number of ketones is 1. The van der Waals surface area contributed by atoms with E-state index in [-0.39, 0.29) is 5.56 Å². The van der Waals surface area contributed by atoms with Crippen molar-refractivity contribution in [2.45, 2.75) is 10.6 Å². The molecule has 1 N–H and O–H groups in total. The first-order valence-corrected chi connectivity index (χ1v) is 6.99. The number of carbonyl (C=O) groups excluding carboxylic acids is 2. The zero-order valence-electron chi connectivity index (χ0n) is 10.4. The van der Waals surface area contributed by atoms with Crippen LogP contribution in [0.25, 0.3) is 0 Å². The van der Waals surface area contributed by atoms with Crippen molar-refractivity contribution in [3.05, 3.63) is 59.4 Å². The molecule has 3 rings (SSSR count). The van der Waals surface area contributed by atoms with Crippen LogP contribution in [0.2, 0.25) is 0 Å².